The van der Waals surface area contributed by atoms with Gasteiger partial charge in [-0.15, -0.1) is 0 Å². The smallest absolute Gasteiger partial charge is 0.241 e. The zero-order valence-electron chi connectivity index (χ0n) is 16.7. The van der Waals surface area contributed by atoms with E-state index in [1.807, 2.05) is 30.3 Å². The number of methoxy groups -OCH3 is 2. The van der Waals surface area contributed by atoms with Gasteiger partial charge in [-0.1, -0.05) is 5.16 Å². The first-order chi connectivity index (χ1) is 14.2. The molecule has 1 saturated heterocycles. The number of benzene rings is 1. The molecule has 0 aliphatic carbocycles. The number of hydrogen-bond donors (Lipinski definition) is 0. The van der Waals surface area contributed by atoms with E-state index in [4.69, 9.17) is 14.0 Å². The summed E-state index contributed by atoms with van der Waals surface area (Å²) >= 11 is 0. The van der Waals surface area contributed by atoms with Gasteiger partial charge in [0.1, 0.15) is 11.5 Å². The summed E-state index contributed by atoms with van der Waals surface area (Å²) in [5, 5.41) is 4.07. The molecule has 0 radical (unpaired) electrons. The van der Waals surface area contributed by atoms with Crippen molar-refractivity contribution in [2.24, 2.45) is 0 Å². The molecule has 8 heteroatoms. The first kappa shape index (κ1) is 19.4. The van der Waals surface area contributed by atoms with E-state index in [1.165, 1.54) is 0 Å². The molecule has 0 atom stereocenters. The first-order valence-corrected chi connectivity index (χ1v) is 9.64. The van der Waals surface area contributed by atoms with Crippen molar-refractivity contribution in [2.75, 3.05) is 40.4 Å². The molecule has 0 saturated carbocycles. The third-order valence-corrected chi connectivity index (χ3v) is 5.09. The van der Waals surface area contributed by atoms with E-state index in [9.17, 15) is 0 Å². The van der Waals surface area contributed by atoms with Crippen LogP contribution in [0.15, 0.2) is 47.2 Å². The lowest BCUT2D eigenvalue weighted by Crippen LogP contribution is -2.45. The fourth-order valence-corrected chi connectivity index (χ4v) is 3.47. The Hall–Kier alpha value is -2.97. The number of rotatable bonds is 7. The summed E-state index contributed by atoms with van der Waals surface area (Å²) in [6.07, 6.45) is 3.46. The van der Waals surface area contributed by atoms with Crippen molar-refractivity contribution in [3.8, 4) is 22.9 Å². The number of piperazine rings is 1. The van der Waals surface area contributed by atoms with E-state index in [1.54, 1.807) is 26.6 Å². The van der Waals surface area contributed by atoms with Gasteiger partial charge in [-0.05, 0) is 30.3 Å². The highest BCUT2D eigenvalue weighted by Gasteiger charge is 2.20. The molecular formula is C21H25N5O3. The van der Waals surface area contributed by atoms with E-state index in [0.29, 0.717) is 18.3 Å². The zero-order chi connectivity index (χ0) is 20.1. The van der Waals surface area contributed by atoms with E-state index in [0.717, 1.165) is 55.3 Å². The maximum Gasteiger partial charge on any atom is 0.241 e. The minimum atomic E-state index is 0.580. The molecule has 0 bridgehead atoms. The number of pyridine rings is 1. The van der Waals surface area contributed by atoms with Gasteiger partial charge in [-0.2, -0.15) is 4.98 Å². The summed E-state index contributed by atoms with van der Waals surface area (Å²) in [5.41, 5.74) is 2.00. The van der Waals surface area contributed by atoms with Crippen LogP contribution in [-0.2, 0) is 13.1 Å². The Balaban J connectivity index is 1.32. The minimum absolute atomic E-state index is 0.580. The van der Waals surface area contributed by atoms with Crippen molar-refractivity contribution in [3.05, 3.63) is 54.2 Å². The molecule has 2 aromatic heterocycles. The third kappa shape index (κ3) is 4.72. The Kier molecular flexibility index (Phi) is 6.02. The molecule has 0 spiro atoms. The molecular weight excluding hydrogens is 370 g/mol. The average Bonchev–Trinajstić information content (AvgIpc) is 3.24. The summed E-state index contributed by atoms with van der Waals surface area (Å²) in [6, 6.07) is 9.71. The molecule has 3 heterocycles. The van der Waals surface area contributed by atoms with Gasteiger partial charge in [0.05, 0.1) is 20.8 Å². The van der Waals surface area contributed by atoms with Crippen LogP contribution in [0.4, 0.5) is 0 Å². The summed E-state index contributed by atoms with van der Waals surface area (Å²) in [5.74, 6) is 2.95. The van der Waals surface area contributed by atoms with E-state index in [2.05, 4.69) is 24.9 Å². The van der Waals surface area contributed by atoms with Crippen LogP contribution in [-0.4, -0.2) is 65.3 Å². The van der Waals surface area contributed by atoms with Crippen molar-refractivity contribution in [3.63, 3.8) is 0 Å². The lowest BCUT2D eigenvalue weighted by molar-refractivity contribution is 0.111. The molecule has 0 N–H and O–H groups in total. The number of hydrogen-bond acceptors (Lipinski definition) is 8. The first-order valence-electron chi connectivity index (χ1n) is 9.64. The molecule has 3 aromatic rings. The van der Waals surface area contributed by atoms with Gasteiger partial charge in [0, 0.05) is 56.2 Å². The second-order valence-electron chi connectivity index (χ2n) is 6.98. The fourth-order valence-electron chi connectivity index (χ4n) is 3.47. The Morgan fingerprint density at radius 1 is 1.00 bits per heavy atom. The number of nitrogens with zero attached hydrogens (tertiary/aromatic N) is 5. The number of ether oxygens (including phenoxy) is 2. The quantitative estimate of drug-likeness (QED) is 0.604. The predicted molar refractivity (Wildman–Crippen MR) is 108 cm³/mol. The second-order valence-corrected chi connectivity index (χ2v) is 6.98. The summed E-state index contributed by atoms with van der Waals surface area (Å²) in [6.45, 7) is 5.30. The minimum Gasteiger partial charge on any atom is -0.497 e. The average molecular weight is 395 g/mol. The van der Waals surface area contributed by atoms with Crippen molar-refractivity contribution >= 4 is 0 Å². The van der Waals surface area contributed by atoms with Crippen LogP contribution in [0.5, 0.6) is 11.5 Å². The highest BCUT2D eigenvalue weighted by molar-refractivity contribution is 5.51. The lowest BCUT2D eigenvalue weighted by Gasteiger charge is -2.34. The van der Waals surface area contributed by atoms with Crippen LogP contribution in [0.1, 0.15) is 11.5 Å². The molecule has 1 aliphatic rings. The zero-order valence-corrected chi connectivity index (χ0v) is 16.7. The van der Waals surface area contributed by atoms with Gasteiger partial charge in [0.2, 0.25) is 11.7 Å². The Bertz CT molecular complexity index is 923. The molecule has 1 fully saturated rings. The van der Waals surface area contributed by atoms with Crippen LogP contribution in [0.25, 0.3) is 11.4 Å². The van der Waals surface area contributed by atoms with Crippen LogP contribution in [0.3, 0.4) is 0 Å². The molecule has 152 valence electrons. The topological polar surface area (TPSA) is 76.8 Å². The van der Waals surface area contributed by atoms with Crippen LogP contribution in [0.2, 0.25) is 0 Å². The lowest BCUT2D eigenvalue weighted by atomic mass is 10.1. The van der Waals surface area contributed by atoms with Gasteiger partial charge in [-0.25, -0.2) is 0 Å². The highest BCUT2D eigenvalue weighted by atomic mass is 16.5. The van der Waals surface area contributed by atoms with Gasteiger partial charge >= 0.3 is 0 Å². The monoisotopic (exact) mass is 395 g/mol. The summed E-state index contributed by atoms with van der Waals surface area (Å²) < 4.78 is 16.3. The van der Waals surface area contributed by atoms with Crippen LogP contribution < -0.4 is 9.47 Å². The maximum atomic E-state index is 5.50. The summed E-state index contributed by atoms with van der Waals surface area (Å²) in [7, 11) is 3.38. The van der Waals surface area contributed by atoms with E-state index in [-0.39, 0.29) is 0 Å². The van der Waals surface area contributed by atoms with Crippen molar-refractivity contribution in [1.82, 2.24) is 24.9 Å². The second kappa shape index (κ2) is 9.02. The highest BCUT2D eigenvalue weighted by Crippen LogP contribution is 2.25. The van der Waals surface area contributed by atoms with Crippen molar-refractivity contribution in [1.29, 1.82) is 0 Å². The Morgan fingerprint density at radius 3 is 2.48 bits per heavy atom. The molecule has 29 heavy (non-hydrogen) atoms. The Morgan fingerprint density at radius 2 is 1.79 bits per heavy atom. The maximum absolute atomic E-state index is 5.50. The molecule has 0 amide bonds. The van der Waals surface area contributed by atoms with E-state index < -0.39 is 0 Å². The van der Waals surface area contributed by atoms with Gasteiger partial charge in [0.15, 0.2) is 0 Å². The number of aromatic nitrogens is 3. The molecule has 8 nitrogen and oxygen atoms in total. The van der Waals surface area contributed by atoms with Crippen molar-refractivity contribution in [2.45, 2.75) is 13.1 Å². The predicted octanol–water partition coefficient (Wildman–Crippen LogP) is 2.47. The summed E-state index contributed by atoms with van der Waals surface area (Å²) in [4.78, 5) is 13.3. The van der Waals surface area contributed by atoms with Gasteiger partial charge in [0.25, 0.3) is 0 Å². The Labute approximate surface area is 170 Å². The van der Waals surface area contributed by atoms with Gasteiger partial charge in [-0.3, -0.25) is 14.8 Å². The SMILES string of the molecule is COc1ccc(OC)c(CN2CCN(Cc3nc(-c4cccnc4)no3)CC2)c1. The van der Waals surface area contributed by atoms with Crippen molar-refractivity contribution < 1.29 is 14.0 Å². The van der Waals surface area contributed by atoms with Crippen LogP contribution in [0, 0.1) is 0 Å². The molecule has 4 rings (SSSR count). The molecule has 1 aromatic carbocycles. The van der Waals surface area contributed by atoms with Crippen LogP contribution >= 0.6 is 0 Å². The normalized spacial score (nSPS) is 15.4. The molecule has 0 unspecified atom stereocenters. The standard InChI is InChI=1S/C21H25N5O3/c1-27-18-5-6-19(28-2)17(12-18)14-25-8-10-26(11-9-25)15-20-23-21(24-29-20)16-4-3-7-22-13-16/h3-7,12-13H,8-11,14-15H2,1-2H3. The third-order valence-electron chi connectivity index (χ3n) is 5.09. The van der Waals surface area contributed by atoms with E-state index >= 15 is 0 Å². The fraction of sp³-hybridized carbons (Fsp3) is 0.381. The van der Waals surface area contributed by atoms with Gasteiger partial charge < -0.3 is 14.0 Å². The largest absolute Gasteiger partial charge is 0.497 e. The molecule has 1 aliphatic heterocycles.